The van der Waals surface area contributed by atoms with Gasteiger partial charge in [-0.05, 0) is 47.9 Å². The molecule has 0 unspecified atom stereocenters. The molecule has 2 aromatic carbocycles. The Bertz CT molecular complexity index is 1160. The largest absolute Gasteiger partial charge is 0.382 e. The van der Waals surface area contributed by atoms with Crippen LogP contribution in [0.25, 0.3) is 10.9 Å². The summed E-state index contributed by atoms with van der Waals surface area (Å²) in [4.78, 5) is 17.8. The average molecular weight is 448 g/mol. The van der Waals surface area contributed by atoms with Crippen molar-refractivity contribution in [3.8, 4) is 0 Å². The van der Waals surface area contributed by atoms with Gasteiger partial charge in [-0.1, -0.05) is 35.9 Å². The lowest BCUT2D eigenvalue weighted by Gasteiger charge is -2.57. The van der Waals surface area contributed by atoms with Crippen LogP contribution in [0.4, 0.5) is 0 Å². The quantitative estimate of drug-likeness (QED) is 0.320. The van der Waals surface area contributed by atoms with Crippen molar-refractivity contribution in [2.24, 2.45) is 11.8 Å². The zero-order chi connectivity index (χ0) is 22.3. The van der Waals surface area contributed by atoms with Gasteiger partial charge in [-0.25, -0.2) is 0 Å². The Morgan fingerprint density at radius 1 is 1.22 bits per heavy atom. The van der Waals surface area contributed by atoms with Crippen molar-refractivity contribution in [3.05, 3.63) is 89.6 Å². The number of pyridine rings is 1. The van der Waals surface area contributed by atoms with E-state index in [1.807, 2.05) is 36.4 Å². The maximum atomic E-state index is 13.3. The van der Waals surface area contributed by atoms with Crippen molar-refractivity contribution in [3.63, 3.8) is 0 Å². The number of aromatic nitrogens is 1. The minimum atomic E-state index is -0.658. The molecule has 3 saturated heterocycles. The maximum Gasteiger partial charge on any atom is 0.216 e. The Morgan fingerprint density at radius 2 is 2.00 bits per heavy atom. The molecule has 5 heteroatoms. The van der Waals surface area contributed by atoms with Crippen LogP contribution in [0.15, 0.2) is 73.4 Å². The first-order chi connectivity index (χ1) is 15.5. The summed E-state index contributed by atoms with van der Waals surface area (Å²) >= 11 is 6.02. The Morgan fingerprint density at radius 3 is 2.78 bits per heavy atom. The van der Waals surface area contributed by atoms with Crippen molar-refractivity contribution >= 4 is 28.3 Å². The van der Waals surface area contributed by atoms with Crippen molar-refractivity contribution in [2.75, 3.05) is 19.6 Å². The molecule has 3 aromatic rings. The molecule has 5 atom stereocenters. The summed E-state index contributed by atoms with van der Waals surface area (Å²) in [5.74, 6) is 0.979. The zero-order valence-corrected chi connectivity index (χ0v) is 18.8. The maximum absolute atomic E-state index is 13.3. The number of nitrogens with zero attached hydrogens (tertiary/aromatic N) is 2. The van der Waals surface area contributed by atoms with Crippen LogP contribution in [0, 0.1) is 11.8 Å². The third kappa shape index (κ3) is 3.66. The number of rotatable bonds is 6. The van der Waals surface area contributed by atoms with E-state index in [4.69, 9.17) is 11.6 Å². The molecular weight excluding hydrogens is 420 g/mol. The van der Waals surface area contributed by atoms with Crippen LogP contribution in [0.3, 0.4) is 0 Å². The number of hydrogen-bond donors (Lipinski definition) is 1. The van der Waals surface area contributed by atoms with Crippen LogP contribution >= 0.6 is 11.6 Å². The molecule has 32 heavy (non-hydrogen) atoms. The molecule has 164 valence electrons. The van der Waals surface area contributed by atoms with Crippen molar-refractivity contribution in [2.45, 2.75) is 25.0 Å². The Balaban J connectivity index is 1.52. The van der Waals surface area contributed by atoms with Gasteiger partial charge in [0.1, 0.15) is 18.7 Å². The van der Waals surface area contributed by atoms with Gasteiger partial charge in [-0.2, -0.15) is 0 Å². The zero-order valence-electron chi connectivity index (χ0n) is 18.0. The molecular formula is C27H28ClN2O2+. The number of carbonyl (C=O) groups is 1. The van der Waals surface area contributed by atoms with E-state index in [0.29, 0.717) is 33.4 Å². The van der Waals surface area contributed by atoms with Crippen molar-refractivity contribution in [1.29, 1.82) is 0 Å². The molecule has 0 spiro atoms. The number of fused-ring (bicyclic) bond motifs is 4. The van der Waals surface area contributed by atoms with Gasteiger partial charge >= 0.3 is 0 Å². The first-order valence-electron chi connectivity index (χ1n) is 11.3. The van der Waals surface area contributed by atoms with Gasteiger partial charge in [0.25, 0.3) is 0 Å². The van der Waals surface area contributed by atoms with Gasteiger partial charge in [0.05, 0.1) is 18.6 Å². The molecule has 4 heterocycles. The summed E-state index contributed by atoms with van der Waals surface area (Å²) in [6, 6.07) is 17.0. The number of Topliss-reactive ketones (excluding diaryl/α,β-unsaturated/α-hetero) is 1. The molecule has 0 aliphatic carbocycles. The Kier molecular flexibility index (Phi) is 5.62. The molecule has 3 aliphatic rings. The van der Waals surface area contributed by atoms with E-state index in [2.05, 4.69) is 11.6 Å². The molecule has 3 aliphatic heterocycles. The number of hydrogen-bond acceptors (Lipinski definition) is 3. The van der Waals surface area contributed by atoms with Crippen LogP contribution in [0.1, 0.15) is 34.9 Å². The standard InChI is InChI=1S/C27H28ClN2O2/c1-2-18-16-30(17-26(31)19-7-9-21(28)10-8-19)14-12-20(18)15-25(30)27(32)23-11-13-29-24-6-4-3-5-22(23)24/h2-11,13,18,20,25,27,32H,1,12,14-17H2/q+1/t18-,20-,25-,27+,30-/m0/s1. The predicted molar refractivity (Wildman–Crippen MR) is 128 cm³/mol. The van der Waals surface area contributed by atoms with Gasteiger partial charge in [-0.3, -0.25) is 9.78 Å². The van der Waals surface area contributed by atoms with Gasteiger partial charge < -0.3 is 9.59 Å². The van der Waals surface area contributed by atoms with Gasteiger partial charge in [0.15, 0.2) is 0 Å². The van der Waals surface area contributed by atoms with Gasteiger partial charge in [-0.15, -0.1) is 6.58 Å². The predicted octanol–water partition coefficient (Wildman–Crippen LogP) is 5.22. The molecule has 4 nitrogen and oxygen atoms in total. The van der Waals surface area contributed by atoms with E-state index in [0.717, 1.165) is 42.4 Å². The lowest BCUT2D eigenvalue weighted by atomic mass is 9.71. The van der Waals surface area contributed by atoms with Crippen LogP contribution in [-0.4, -0.2) is 46.0 Å². The summed E-state index contributed by atoms with van der Waals surface area (Å²) in [6.45, 7) is 6.20. The summed E-state index contributed by atoms with van der Waals surface area (Å²) in [5, 5.41) is 13.3. The van der Waals surface area contributed by atoms with E-state index in [1.165, 1.54) is 0 Å². The van der Waals surface area contributed by atoms with E-state index in [1.54, 1.807) is 30.5 Å². The average Bonchev–Trinajstić information content (AvgIpc) is 2.83. The number of quaternary nitrogens is 1. The minimum Gasteiger partial charge on any atom is -0.382 e. The van der Waals surface area contributed by atoms with E-state index >= 15 is 0 Å². The topological polar surface area (TPSA) is 50.2 Å². The molecule has 2 bridgehead atoms. The number of benzene rings is 2. The minimum absolute atomic E-state index is 0.0352. The molecule has 0 amide bonds. The summed E-state index contributed by atoms with van der Waals surface area (Å²) in [5.41, 5.74) is 2.46. The van der Waals surface area contributed by atoms with Gasteiger partial charge in [0, 0.05) is 40.9 Å². The number of aliphatic hydroxyl groups is 1. The fourth-order valence-corrected chi connectivity index (χ4v) is 6.10. The number of para-hydroxylation sites is 1. The highest BCUT2D eigenvalue weighted by Crippen LogP contribution is 2.47. The second-order valence-corrected chi connectivity index (χ2v) is 9.76. The second-order valence-electron chi connectivity index (χ2n) is 9.33. The number of piperidine rings is 3. The fourth-order valence-electron chi connectivity index (χ4n) is 5.98. The highest BCUT2D eigenvalue weighted by molar-refractivity contribution is 6.30. The molecule has 1 N–H and O–H groups in total. The van der Waals surface area contributed by atoms with Crippen LogP contribution in [0.2, 0.25) is 5.02 Å². The molecule has 0 saturated carbocycles. The molecule has 3 fully saturated rings. The first-order valence-corrected chi connectivity index (χ1v) is 11.7. The lowest BCUT2D eigenvalue weighted by Crippen LogP contribution is -2.69. The highest BCUT2D eigenvalue weighted by atomic mass is 35.5. The van der Waals surface area contributed by atoms with Crippen LogP contribution in [0.5, 0.6) is 0 Å². The third-order valence-corrected chi connectivity index (χ3v) is 7.92. The van der Waals surface area contributed by atoms with Crippen molar-refractivity contribution < 1.29 is 14.4 Å². The highest BCUT2D eigenvalue weighted by Gasteiger charge is 2.54. The monoisotopic (exact) mass is 447 g/mol. The van der Waals surface area contributed by atoms with Crippen molar-refractivity contribution in [1.82, 2.24) is 4.98 Å². The molecule has 1 aromatic heterocycles. The van der Waals surface area contributed by atoms with Crippen LogP contribution < -0.4 is 0 Å². The number of halogens is 1. The lowest BCUT2D eigenvalue weighted by molar-refractivity contribution is -0.966. The summed E-state index contributed by atoms with van der Waals surface area (Å²) < 4.78 is 0.604. The van der Waals surface area contributed by atoms with E-state index in [9.17, 15) is 9.90 Å². The molecule has 6 rings (SSSR count). The fraction of sp³-hybridized carbons (Fsp3) is 0.333. The van der Waals surface area contributed by atoms with Gasteiger partial charge in [0.2, 0.25) is 5.78 Å². The second kappa shape index (κ2) is 8.43. The smallest absolute Gasteiger partial charge is 0.216 e. The Hall–Kier alpha value is -2.53. The van der Waals surface area contributed by atoms with E-state index < -0.39 is 6.10 Å². The number of aliphatic hydroxyl groups excluding tert-OH is 1. The van der Waals surface area contributed by atoms with Crippen LogP contribution in [-0.2, 0) is 0 Å². The molecule has 0 radical (unpaired) electrons. The number of carbonyl (C=O) groups excluding carboxylic acids is 1. The van der Waals surface area contributed by atoms with E-state index in [-0.39, 0.29) is 11.8 Å². The summed E-state index contributed by atoms with van der Waals surface area (Å²) in [6.07, 6.45) is 5.11. The SMILES string of the molecule is C=C[C@H]1C[N@+]2(CC(=O)c3ccc(Cl)cc3)CC[C@H]1C[C@H]2[C@H](O)c1ccnc2ccccc12. The number of ketones is 1. The Labute approximate surface area is 193 Å². The normalized spacial score (nSPS) is 27.9. The third-order valence-electron chi connectivity index (χ3n) is 7.67. The first kappa shape index (κ1) is 21.3. The summed E-state index contributed by atoms with van der Waals surface area (Å²) in [7, 11) is 0.